The van der Waals surface area contributed by atoms with Gasteiger partial charge in [-0.15, -0.1) is 0 Å². The Morgan fingerprint density at radius 2 is 1.62 bits per heavy atom. The number of carbonyl (C=O) groups is 1. The minimum Gasteiger partial charge on any atom is -0.493 e. The van der Waals surface area contributed by atoms with Crippen LogP contribution in [0, 0.1) is 0 Å². The van der Waals surface area contributed by atoms with Crippen molar-refractivity contribution in [3.05, 3.63) is 87.9 Å². The molecule has 0 aliphatic carbocycles. The molecule has 32 heavy (non-hydrogen) atoms. The zero-order valence-electron chi connectivity index (χ0n) is 17.8. The van der Waals surface area contributed by atoms with Crippen molar-refractivity contribution < 1.29 is 19.0 Å². The molecule has 1 saturated heterocycles. The quantitative estimate of drug-likeness (QED) is 0.402. The number of halogens is 2. The second kappa shape index (κ2) is 9.72. The molecule has 3 aromatic rings. The van der Waals surface area contributed by atoms with Crippen LogP contribution >= 0.6 is 23.2 Å². The predicted molar refractivity (Wildman–Crippen MR) is 125 cm³/mol. The monoisotopic (exact) mass is 471 g/mol. The summed E-state index contributed by atoms with van der Waals surface area (Å²) in [6.45, 7) is 0.522. The average Bonchev–Trinajstić information content (AvgIpc) is 2.82. The molecule has 4 rings (SSSR count). The maximum atomic E-state index is 13.0. The van der Waals surface area contributed by atoms with Crippen molar-refractivity contribution in [3.63, 3.8) is 0 Å². The van der Waals surface area contributed by atoms with E-state index in [0.29, 0.717) is 40.3 Å². The standard InChI is InChI=1S/C25H23Cl2NO4/c1-30-21-11-8-16(14-22(21)31-2)12-13-28-23(17-9-10-19(26)20(27)15-17)24(25(28)29)32-18-6-4-3-5-7-18/h3-11,14-15,23-24H,12-13H2,1-2H3/t23-,24+/m0/s1. The number of ether oxygens (including phenoxy) is 3. The molecule has 0 saturated carbocycles. The van der Waals surface area contributed by atoms with E-state index < -0.39 is 6.10 Å². The van der Waals surface area contributed by atoms with E-state index in [1.807, 2.05) is 59.5 Å². The van der Waals surface area contributed by atoms with E-state index >= 15 is 0 Å². The number of likely N-dealkylation sites (tertiary alicyclic amines) is 1. The van der Waals surface area contributed by atoms with E-state index in [9.17, 15) is 4.79 Å². The Bertz CT molecular complexity index is 1110. The minimum absolute atomic E-state index is 0.0644. The zero-order chi connectivity index (χ0) is 22.7. The summed E-state index contributed by atoms with van der Waals surface area (Å²) in [4.78, 5) is 14.9. The van der Waals surface area contributed by atoms with Gasteiger partial charge in [-0.25, -0.2) is 0 Å². The summed E-state index contributed by atoms with van der Waals surface area (Å²) in [5.41, 5.74) is 1.92. The van der Waals surface area contributed by atoms with Crippen molar-refractivity contribution in [2.45, 2.75) is 18.6 Å². The van der Waals surface area contributed by atoms with E-state index in [-0.39, 0.29) is 11.9 Å². The van der Waals surface area contributed by atoms with E-state index in [2.05, 4.69) is 0 Å². The van der Waals surface area contributed by atoms with Gasteiger partial charge in [-0.3, -0.25) is 4.79 Å². The van der Waals surface area contributed by atoms with Gasteiger partial charge in [0.2, 0.25) is 6.10 Å². The van der Waals surface area contributed by atoms with Gasteiger partial charge in [0.15, 0.2) is 11.5 Å². The normalized spacial score (nSPS) is 17.6. The Kier molecular flexibility index (Phi) is 6.77. The number of β-lactam (4-membered cyclic amide) rings is 1. The molecule has 7 heteroatoms. The molecule has 5 nitrogen and oxygen atoms in total. The fraction of sp³-hybridized carbons (Fsp3) is 0.240. The molecule has 0 bridgehead atoms. The number of nitrogens with zero attached hydrogens (tertiary/aromatic N) is 1. The Balaban J connectivity index is 1.56. The van der Waals surface area contributed by atoms with Crippen LogP contribution < -0.4 is 14.2 Å². The molecular weight excluding hydrogens is 449 g/mol. The third-order valence-corrected chi connectivity index (χ3v) is 6.27. The predicted octanol–water partition coefficient (Wildman–Crippen LogP) is 5.58. The van der Waals surface area contributed by atoms with Crippen LogP contribution in [0.25, 0.3) is 0 Å². The van der Waals surface area contributed by atoms with Gasteiger partial charge in [-0.2, -0.15) is 0 Å². The summed E-state index contributed by atoms with van der Waals surface area (Å²) in [6, 6.07) is 20.3. The highest BCUT2D eigenvalue weighted by Gasteiger charge is 2.49. The molecular formula is C25H23Cl2NO4. The fourth-order valence-corrected chi connectivity index (χ4v) is 4.17. The lowest BCUT2D eigenvalue weighted by molar-refractivity contribution is -0.164. The molecule has 1 amide bonds. The molecule has 166 valence electrons. The van der Waals surface area contributed by atoms with Gasteiger partial charge in [-0.05, 0) is 53.9 Å². The number of amides is 1. The summed E-state index contributed by atoms with van der Waals surface area (Å²) >= 11 is 12.4. The summed E-state index contributed by atoms with van der Waals surface area (Å²) < 4.78 is 16.7. The highest BCUT2D eigenvalue weighted by atomic mass is 35.5. The van der Waals surface area contributed by atoms with Gasteiger partial charge in [0.05, 0.1) is 24.3 Å². The average molecular weight is 472 g/mol. The van der Waals surface area contributed by atoms with Crippen LogP contribution in [0.2, 0.25) is 10.0 Å². The molecule has 0 N–H and O–H groups in total. The van der Waals surface area contributed by atoms with Gasteiger partial charge in [0.1, 0.15) is 11.8 Å². The van der Waals surface area contributed by atoms with Crippen LogP contribution in [0.1, 0.15) is 17.2 Å². The molecule has 1 heterocycles. The summed E-state index contributed by atoms with van der Waals surface area (Å²) in [7, 11) is 3.21. The van der Waals surface area contributed by atoms with Crippen molar-refractivity contribution in [2.24, 2.45) is 0 Å². The topological polar surface area (TPSA) is 48.0 Å². The highest BCUT2D eigenvalue weighted by Crippen LogP contribution is 2.40. The van der Waals surface area contributed by atoms with Crippen molar-refractivity contribution in [3.8, 4) is 17.2 Å². The molecule has 1 aliphatic heterocycles. The second-order valence-corrected chi connectivity index (χ2v) is 8.26. The lowest BCUT2D eigenvalue weighted by Gasteiger charge is -2.47. The van der Waals surface area contributed by atoms with Gasteiger partial charge in [0, 0.05) is 6.54 Å². The van der Waals surface area contributed by atoms with Crippen LogP contribution in [0.5, 0.6) is 17.2 Å². The summed E-state index contributed by atoms with van der Waals surface area (Å²) in [6.07, 6.45) is 0.0298. The molecule has 0 unspecified atom stereocenters. The number of rotatable bonds is 8. The SMILES string of the molecule is COc1ccc(CCN2C(=O)[C@H](Oc3ccccc3)[C@@H]2c2ccc(Cl)c(Cl)c2)cc1OC. The number of hydrogen-bond donors (Lipinski definition) is 0. The van der Waals surface area contributed by atoms with Crippen LogP contribution in [-0.4, -0.2) is 37.7 Å². The lowest BCUT2D eigenvalue weighted by Crippen LogP contribution is -2.61. The van der Waals surface area contributed by atoms with Crippen LogP contribution in [0.3, 0.4) is 0 Å². The number of methoxy groups -OCH3 is 2. The van der Waals surface area contributed by atoms with Gasteiger partial charge in [-0.1, -0.05) is 53.5 Å². The Morgan fingerprint density at radius 1 is 0.875 bits per heavy atom. The Morgan fingerprint density at radius 3 is 2.31 bits per heavy atom. The van der Waals surface area contributed by atoms with Gasteiger partial charge >= 0.3 is 0 Å². The molecule has 2 atom stereocenters. The summed E-state index contributed by atoms with van der Waals surface area (Å²) in [5.74, 6) is 1.91. The smallest absolute Gasteiger partial charge is 0.266 e. The largest absolute Gasteiger partial charge is 0.493 e. The maximum absolute atomic E-state index is 13.0. The third-order valence-electron chi connectivity index (χ3n) is 5.53. The molecule has 0 spiro atoms. The number of benzene rings is 3. The first kappa shape index (κ1) is 22.3. The van der Waals surface area contributed by atoms with Crippen LogP contribution in [-0.2, 0) is 11.2 Å². The van der Waals surface area contributed by atoms with Crippen molar-refractivity contribution >= 4 is 29.1 Å². The molecule has 0 aromatic heterocycles. The Labute approximate surface area is 197 Å². The van der Waals surface area contributed by atoms with E-state index in [0.717, 1.165) is 11.1 Å². The first-order valence-electron chi connectivity index (χ1n) is 10.2. The Hall–Kier alpha value is -2.89. The lowest BCUT2D eigenvalue weighted by atomic mass is 9.90. The molecule has 0 radical (unpaired) electrons. The van der Waals surface area contributed by atoms with Crippen molar-refractivity contribution in [2.75, 3.05) is 20.8 Å². The van der Waals surface area contributed by atoms with Gasteiger partial charge < -0.3 is 19.1 Å². The number of para-hydroxylation sites is 1. The second-order valence-electron chi connectivity index (χ2n) is 7.44. The van der Waals surface area contributed by atoms with Gasteiger partial charge in [0.25, 0.3) is 5.91 Å². The van der Waals surface area contributed by atoms with E-state index in [1.165, 1.54) is 0 Å². The van der Waals surface area contributed by atoms with Crippen molar-refractivity contribution in [1.82, 2.24) is 4.90 Å². The van der Waals surface area contributed by atoms with Crippen LogP contribution in [0.4, 0.5) is 0 Å². The molecule has 1 fully saturated rings. The summed E-state index contributed by atoms with van der Waals surface area (Å²) in [5, 5.41) is 0.917. The van der Waals surface area contributed by atoms with Crippen LogP contribution in [0.15, 0.2) is 66.7 Å². The third kappa shape index (κ3) is 4.50. The maximum Gasteiger partial charge on any atom is 0.266 e. The highest BCUT2D eigenvalue weighted by molar-refractivity contribution is 6.42. The van der Waals surface area contributed by atoms with E-state index in [4.69, 9.17) is 37.4 Å². The minimum atomic E-state index is -0.625. The number of carbonyl (C=O) groups excluding carboxylic acids is 1. The van der Waals surface area contributed by atoms with Crippen molar-refractivity contribution in [1.29, 1.82) is 0 Å². The zero-order valence-corrected chi connectivity index (χ0v) is 19.3. The van der Waals surface area contributed by atoms with E-state index in [1.54, 1.807) is 26.4 Å². The first-order chi connectivity index (χ1) is 15.5. The fourth-order valence-electron chi connectivity index (χ4n) is 3.86. The number of hydrogen-bond acceptors (Lipinski definition) is 4. The molecule has 3 aromatic carbocycles. The first-order valence-corrected chi connectivity index (χ1v) is 11.0. The molecule has 1 aliphatic rings.